The quantitative estimate of drug-likeness (QED) is 0.930. The number of carbonyl (C=O) groups excluding carboxylic acids is 1. The number of rotatable bonds is 4. The number of nitrogen functional groups attached to an aromatic ring is 1. The summed E-state index contributed by atoms with van der Waals surface area (Å²) in [5.41, 5.74) is 6.17. The molecule has 0 aliphatic rings. The van der Waals surface area contributed by atoms with E-state index in [0.717, 1.165) is 17.3 Å². The third-order valence-corrected chi connectivity index (χ3v) is 3.24. The molecule has 1 aromatic rings. The predicted molar refractivity (Wildman–Crippen MR) is 72.8 cm³/mol. The van der Waals surface area contributed by atoms with Crippen LogP contribution >= 0.6 is 15.9 Å². The highest BCUT2D eigenvalue weighted by Gasteiger charge is 2.19. The lowest BCUT2D eigenvalue weighted by molar-refractivity contribution is 0.0737. The lowest BCUT2D eigenvalue weighted by Crippen LogP contribution is -2.35. The first-order valence-corrected chi connectivity index (χ1v) is 6.44. The lowest BCUT2D eigenvalue weighted by atomic mass is 10.1. The standard InChI is InChI=1S/C12H18BrN3O/c1-4-5-8(2)16(3)12(17)10-6-9(13)7-15-11(10)14/h6-8H,4-5H2,1-3H3,(H2,14,15). The Bertz CT molecular complexity index is 409. The Balaban J connectivity index is 2.92. The van der Waals surface area contributed by atoms with E-state index >= 15 is 0 Å². The third-order valence-electron chi connectivity index (χ3n) is 2.80. The summed E-state index contributed by atoms with van der Waals surface area (Å²) in [6, 6.07) is 1.91. The molecule has 0 aliphatic carbocycles. The van der Waals surface area contributed by atoms with Crippen LogP contribution in [0.15, 0.2) is 16.7 Å². The van der Waals surface area contributed by atoms with Gasteiger partial charge in [0.25, 0.3) is 5.91 Å². The minimum absolute atomic E-state index is 0.0859. The van der Waals surface area contributed by atoms with Gasteiger partial charge in [-0.2, -0.15) is 0 Å². The van der Waals surface area contributed by atoms with Gasteiger partial charge in [-0.15, -0.1) is 0 Å². The van der Waals surface area contributed by atoms with Crippen LogP contribution in [0.3, 0.4) is 0 Å². The van der Waals surface area contributed by atoms with Crippen LogP contribution < -0.4 is 5.73 Å². The summed E-state index contributed by atoms with van der Waals surface area (Å²) in [6.45, 7) is 4.13. The molecule has 0 aromatic carbocycles. The molecule has 1 amide bonds. The van der Waals surface area contributed by atoms with Crippen molar-refractivity contribution in [2.45, 2.75) is 32.7 Å². The normalized spacial score (nSPS) is 12.2. The zero-order valence-electron chi connectivity index (χ0n) is 10.4. The Morgan fingerprint density at radius 2 is 2.29 bits per heavy atom. The minimum Gasteiger partial charge on any atom is -0.383 e. The molecule has 0 saturated carbocycles. The monoisotopic (exact) mass is 299 g/mol. The summed E-state index contributed by atoms with van der Waals surface area (Å²) >= 11 is 3.29. The topological polar surface area (TPSA) is 59.2 Å². The zero-order valence-corrected chi connectivity index (χ0v) is 12.0. The number of amides is 1. The number of halogens is 1. The number of aromatic nitrogens is 1. The molecule has 1 unspecified atom stereocenters. The van der Waals surface area contributed by atoms with Gasteiger partial charge in [-0.25, -0.2) is 4.98 Å². The highest BCUT2D eigenvalue weighted by molar-refractivity contribution is 9.10. The number of hydrogen-bond donors (Lipinski definition) is 1. The summed E-state index contributed by atoms with van der Waals surface area (Å²) in [4.78, 5) is 17.9. The first-order chi connectivity index (χ1) is 7.97. The second kappa shape index (κ2) is 6.00. The van der Waals surface area contributed by atoms with E-state index in [2.05, 4.69) is 27.8 Å². The second-order valence-corrected chi connectivity index (χ2v) is 5.06. The maximum Gasteiger partial charge on any atom is 0.257 e. The fourth-order valence-electron chi connectivity index (χ4n) is 1.62. The van der Waals surface area contributed by atoms with Gasteiger partial charge in [-0.05, 0) is 35.3 Å². The van der Waals surface area contributed by atoms with E-state index in [0.29, 0.717) is 5.56 Å². The van der Waals surface area contributed by atoms with Crippen LogP contribution in [0.4, 0.5) is 5.82 Å². The van der Waals surface area contributed by atoms with Gasteiger partial charge in [0.05, 0.1) is 5.56 Å². The number of nitrogens with two attached hydrogens (primary N) is 1. The third kappa shape index (κ3) is 3.43. The average molecular weight is 300 g/mol. The molecule has 94 valence electrons. The number of pyridine rings is 1. The van der Waals surface area contributed by atoms with Gasteiger partial charge >= 0.3 is 0 Å². The largest absolute Gasteiger partial charge is 0.383 e. The Hall–Kier alpha value is -1.10. The molecule has 1 heterocycles. The van der Waals surface area contributed by atoms with E-state index in [4.69, 9.17) is 5.73 Å². The molecule has 1 aromatic heterocycles. The van der Waals surface area contributed by atoms with E-state index in [1.807, 2.05) is 6.92 Å². The van der Waals surface area contributed by atoms with Crippen molar-refractivity contribution in [1.82, 2.24) is 9.88 Å². The first kappa shape index (κ1) is 14.0. The van der Waals surface area contributed by atoms with Crippen molar-refractivity contribution in [3.05, 3.63) is 22.3 Å². The maximum absolute atomic E-state index is 12.2. The van der Waals surface area contributed by atoms with Crippen LogP contribution in [0.1, 0.15) is 37.0 Å². The van der Waals surface area contributed by atoms with Crippen molar-refractivity contribution < 1.29 is 4.79 Å². The molecule has 0 bridgehead atoms. The van der Waals surface area contributed by atoms with Crippen molar-refractivity contribution in [2.24, 2.45) is 0 Å². The van der Waals surface area contributed by atoms with Crippen LogP contribution in [0, 0.1) is 0 Å². The molecule has 2 N–H and O–H groups in total. The van der Waals surface area contributed by atoms with Gasteiger partial charge in [0.15, 0.2) is 0 Å². The van der Waals surface area contributed by atoms with E-state index in [1.165, 1.54) is 0 Å². The van der Waals surface area contributed by atoms with Gasteiger partial charge in [-0.3, -0.25) is 4.79 Å². The zero-order chi connectivity index (χ0) is 13.0. The summed E-state index contributed by atoms with van der Waals surface area (Å²) in [6.07, 6.45) is 3.61. The highest BCUT2D eigenvalue weighted by Crippen LogP contribution is 2.18. The highest BCUT2D eigenvalue weighted by atomic mass is 79.9. The second-order valence-electron chi connectivity index (χ2n) is 4.14. The van der Waals surface area contributed by atoms with Crippen LogP contribution in [0.5, 0.6) is 0 Å². The number of carbonyl (C=O) groups is 1. The molecule has 17 heavy (non-hydrogen) atoms. The molecule has 1 atom stereocenters. The van der Waals surface area contributed by atoms with Crippen LogP contribution in [-0.4, -0.2) is 28.9 Å². The molecule has 5 heteroatoms. The van der Waals surface area contributed by atoms with Crippen molar-refractivity contribution in [3.8, 4) is 0 Å². The predicted octanol–water partition coefficient (Wildman–Crippen LogP) is 2.69. The van der Waals surface area contributed by atoms with E-state index in [9.17, 15) is 4.79 Å². The first-order valence-electron chi connectivity index (χ1n) is 5.65. The van der Waals surface area contributed by atoms with Gasteiger partial charge in [0, 0.05) is 23.8 Å². The Morgan fingerprint density at radius 3 is 2.88 bits per heavy atom. The minimum atomic E-state index is -0.0859. The van der Waals surface area contributed by atoms with Crippen LogP contribution in [-0.2, 0) is 0 Å². The molecule has 0 radical (unpaired) electrons. The molecule has 0 saturated heterocycles. The number of nitrogens with zero attached hydrogens (tertiary/aromatic N) is 2. The van der Waals surface area contributed by atoms with Crippen molar-refractivity contribution in [1.29, 1.82) is 0 Å². The van der Waals surface area contributed by atoms with E-state index < -0.39 is 0 Å². The van der Waals surface area contributed by atoms with Crippen molar-refractivity contribution in [2.75, 3.05) is 12.8 Å². The molecule has 0 fully saturated rings. The Morgan fingerprint density at radius 1 is 1.65 bits per heavy atom. The summed E-state index contributed by atoms with van der Waals surface area (Å²) in [5.74, 6) is 0.186. The van der Waals surface area contributed by atoms with Crippen LogP contribution in [0.2, 0.25) is 0 Å². The molecule has 0 spiro atoms. The Labute approximate surface area is 110 Å². The van der Waals surface area contributed by atoms with Gasteiger partial charge in [0.2, 0.25) is 0 Å². The smallest absolute Gasteiger partial charge is 0.257 e. The summed E-state index contributed by atoms with van der Waals surface area (Å²) < 4.78 is 0.756. The summed E-state index contributed by atoms with van der Waals surface area (Å²) in [7, 11) is 1.79. The van der Waals surface area contributed by atoms with E-state index in [1.54, 1.807) is 24.2 Å². The average Bonchev–Trinajstić information content (AvgIpc) is 2.30. The van der Waals surface area contributed by atoms with Gasteiger partial charge < -0.3 is 10.6 Å². The summed E-state index contributed by atoms with van der Waals surface area (Å²) in [5, 5.41) is 0. The fraction of sp³-hybridized carbons (Fsp3) is 0.500. The molecule has 4 nitrogen and oxygen atoms in total. The molecular weight excluding hydrogens is 282 g/mol. The molecular formula is C12H18BrN3O. The molecule has 1 rings (SSSR count). The SMILES string of the molecule is CCCC(C)N(C)C(=O)c1cc(Br)cnc1N. The maximum atomic E-state index is 12.2. The Kier molecular flexibility index (Phi) is 4.93. The fourth-order valence-corrected chi connectivity index (χ4v) is 1.95. The van der Waals surface area contributed by atoms with Crippen molar-refractivity contribution in [3.63, 3.8) is 0 Å². The van der Waals surface area contributed by atoms with E-state index in [-0.39, 0.29) is 17.8 Å². The van der Waals surface area contributed by atoms with Crippen LogP contribution in [0.25, 0.3) is 0 Å². The van der Waals surface area contributed by atoms with Gasteiger partial charge in [-0.1, -0.05) is 13.3 Å². The number of hydrogen-bond acceptors (Lipinski definition) is 3. The molecule has 0 aliphatic heterocycles. The lowest BCUT2D eigenvalue weighted by Gasteiger charge is -2.25. The number of anilines is 1. The van der Waals surface area contributed by atoms with Gasteiger partial charge in [0.1, 0.15) is 5.82 Å². The van der Waals surface area contributed by atoms with Crippen molar-refractivity contribution >= 4 is 27.7 Å².